The Morgan fingerprint density at radius 3 is 2.70 bits per heavy atom. The van der Waals surface area contributed by atoms with Gasteiger partial charge in [-0.15, -0.1) is 11.8 Å². The standard InChI is InChI=1S/C19H21NO2S/c21-12-10-17(15-7-2-1-3-8-15)20-19(22)18-16-9-5-4-6-14(16)11-13-23-18/h1-9,17-18,21H,10-13H2,(H,20,22). The van der Waals surface area contributed by atoms with Crippen LogP contribution in [0, 0.1) is 0 Å². The molecule has 1 heterocycles. The molecule has 23 heavy (non-hydrogen) atoms. The molecule has 120 valence electrons. The quantitative estimate of drug-likeness (QED) is 0.886. The molecule has 0 aromatic heterocycles. The number of benzene rings is 2. The molecule has 2 atom stereocenters. The number of rotatable bonds is 5. The van der Waals surface area contributed by atoms with Gasteiger partial charge in [0.05, 0.1) is 6.04 Å². The van der Waals surface area contributed by atoms with Crippen molar-refractivity contribution >= 4 is 17.7 Å². The average Bonchev–Trinajstić information content (AvgIpc) is 2.61. The highest BCUT2D eigenvalue weighted by Crippen LogP contribution is 2.37. The van der Waals surface area contributed by atoms with Gasteiger partial charge in [-0.1, -0.05) is 54.6 Å². The number of carbonyl (C=O) groups excluding carboxylic acids is 1. The molecular formula is C19H21NO2S. The van der Waals surface area contributed by atoms with Gasteiger partial charge in [-0.2, -0.15) is 0 Å². The average molecular weight is 327 g/mol. The fraction of sp³-hybridized carbons (Fsp3) is 0.316. The van der Waals surface area contributed by atoms with Crippen molar-refractivity contribution < 1.29 is 9.90 Å². The predicted octanol–water partition coefficient (Wildman–Crippen LogP) is 3.26. The minimum Gasteiger partial charge on any atom is -0.396 e. The van der Waals surface area contributed by atoms with Gasteiger partial charge in [-0.05, 0) is 35.3 Å². The Hall–Kier alpha value is -1.78. The Morgan fingerprint density at radius 1 is 1.17 bits per heavy atom. The first-order chi connectivity index (χ1) is 11.3. The number of hydrogen-bond donors (Lipinski definition) is 2. The van der Waals surface area contributed by atoms with Crippen LogP contribution in [0.3, 0.4) is 0 Å². The van der Waals surface area contributed by atoms with Crippen LogP contribution < -0.4 is 5.32 Å². The van der Waals surface area contributed by atoms with Crippen molar-refractivity contribution in [3.05, 3.63) is 71.3 Å². The Kier molecular flexibility index (Phi) is 5.36. The molecule has 0 radical (unpaired) electrons. The maximum Gasteiger partial charge on any atom is 0.238 e. The summed E-state index contributed by atoms with van der Waals surface area (Å²) in [6.07, 6.45) is 1.54. The summed E-state index contributed by atoms with van der Waals surface area (Å²) >= 11 is 1.69. The molecule has 1 aliphatic heterocycles. The van der Waals surface area contributed by atoms with Crippen molar-refractivity contribution in [2.24, 2.45) is 0 Å². The van der Waals surface area contributed by atoms with E-state index >= 15 is 0 Å². The topological polar surface area (TPSA) is 49.3 Å². The van der Waals surface area contributed by atoms with E-state index in [2.05, 4.69) is 17.4 Å². The van der Waals surface area contributed by atoms with Crippen molar-refractivity contribution in [1.82, 2.24) is 5.32 Å². The second-order valence-electron chi connectivity index (χ2n) is 5.68. The van der Waals surface area contributed by atoms with Gasteiger partial charge in [0.15, 0.2) is 0 Å². The summed E-state index contributed by atoms with van der Waals surface area (Å²) in [5.41, 5.74) is 3.42. The van der Waals surface area contributed by atoms with Gasteiger partial charge in [0.2, 0.25) is 5.91 Å². The van der Waals surface area contributed by atoms with E-state index in [4.69, 9.17) is 0 Å². The molecular weight excluding hydrogens is 306 g/mol. The van der Waals surface area contributed by atoms with E-state index in [0.29, 0.717) is 6.42 Å². The second-order valence-corrected chi connectivity index (χ2v) is 6.90. The first kappa shape index (κ1) is 16.1. The van der Waals surface area contributed by atoms with Gasteiger partial charge >= 0.3 is 0 Å². The van der Waals surface area contributed by atoms with E-state index in [0.717, 1.165) is 23.3 Å². The molecule has 3 nitrogen and oxygen atoms in total. The Morgan fingerprint density at radius 2 is 1.91 bits per heavy atom. The number of aryl methyl sites for hydroxylation is 1. The number of thioether (sulfide) groups is 1. The minimum absolute atomic E-state index is 0.0319. The van der Waals surface area contributed by atoms with Crippen LogP contribution in [0.4, 0.5) is 0 Å². The maximum atomic E-state index is 12.8. The van der Waals surface area contributed by atoms with Gasteiger partial charge in [0.1, 0.15) is 5.25 Å². The number of carbonyl (C=O) groups is 1. The molecule has 0 bridgehead atoms. The first-order valence-corrected chi connectivity index (χ1v) is 9.00. The summed E-state index contributed by atoms with van der Waals surface area (Å²) in [4.78, 5) is 12.8. The number of fused-ring (bicyclic) bond motifs is 1. The summed E-state index contributed by atoms with van der Waals surface area (Å²) in [5.74, 6) is 0.995. The van der Waals surface area contributed by atoms with Gasteiger partial charge in [-0.3, -0.25) is 4.79 Å². The monoisotopic (exact) mass is 327 g/mol. The zero-order valence-corrected chi connectivity index (χ0v) is 13.8. The summed E-state index contributed by atoms with van der Waals surface area (Å²) in [6, 6.07) is 17.9. The van der Waals surface area contributed by atoms with Crippen LogP contribution in [0.5, 0.6) is 0 Å². The third-order valence-electron chi connectivity index (χ3n) is 4.17. The second kappa shape index (κ2) is 7.66. The molecule has 0 spiro atoms. The van der Waals surface area contributed by atoms with Crippen molar-refractivity contribution in [3.63, 3.8) is 0 Å². The van der Waals surface area contributed by atoms with Crippen LogP contribution in [-0.4, -0.2) is 23.4 Å². The number of hydrogen-bond acceptors (Lipinski definition) is 3. The van der Waals surface area contributed by atoms with E-state index in [9.17, 15) is 9.90 Å². The molecule has 1 aliphatic rings. The van der Waals surface area contributed by atoms with Crippen LogP contribution in [0.2, 0.25) is 0 Å². The zero-order valence-electron chi connectivity index (χ0n) is 12.9. The highest BCUT2D eigenvalue weighted by molar-refractivity contribution is 8.00. The number of aliphatic hydroxyl groups excluding tert-OH is 1. The largest absolute Gasteiger partial charge is 0.396 e. The first-order valence-electron chi connectivity index (χ1n) is 7.95. The Balaban J connectivity index is 1.78. The molecule has 2 N–H and O–H groups in total. The molecule has 0 saturated heterocycles. The molecule has 3 rings (SSSR count). The molecule has 2 aromatic carbocycles. The molecule has 0 saturated carbocycles. The van der Waals surface area contributed by atoms with Crippen molar-refractivity contribution in [2.75, 3.05) is 12.4 Å². The number of nitrogens with one attached hydrogen (secondary N) is 1. The molecule has 2 unspecified atom stereocenters. The minimum atomic E-state index is -0.162. The number of aliphatic hydroxyl groups is 1. The van der Waals surface area contributed by atoms with E-state index in [1.165, 1.54) is 5.56 Å². The highest BCUT2D eigenvalue weighted by atomic mass is 32.2. The Labute approximate surface area is 141 Å². The van der Waals surface area contributed by atoms with Gasteiger partial charge in [0.25, 0.3) is 0 Å². The summed E-state index contributed by atoms with van der Waals surface area (Å²) < 4.78 is 0. The van der Waals surface area contributed by atoms with Crippen LogP contribution >= 0.6 is 11.8 Å². The van der Waals surface area contributed by atoms with Crippen LogP contribution in [-0.2, 0) is 11.2 Å². The maximum absolute atomic E-state index is 12.8. The van der Waals surface area contributed by atoms with Crippen molar-refractivity contribution in [2.45, 2.75) is 24.1 Å². The zero-order chi connectivity index (χ0) is 16.1. The SMILES string of the molecule is O=C(NC(CCO)c1ccccc1)C1SCCc2ccccc21. The molecule has 2 aromatic rings. The molecule has 0 fully saturated rings. The van der Waals surface area contributed by atoms with Crippen LogP contribution in [0.25, 0.3) is 0 Å². The third-order valence-corrected chi connectivity index (χ3v) is 5.41. The van der Waals surface area contributed by atoms with E-state index in [1.54, 1.807) is 11.8 Å². The fourth-order valence-electron chi connectivity index (χ4n) is 3.00. The third kappa shape index (κ3) is 3.77. The summed E-state index contributed by atoms with van der Waals surface area (Å²) in [5, 5.41) is 12.3. The normalized spacial score (nSPS) is 18.0. The smallest absolute Gasteiger partial charge is 0.238 e. The van der Waals surface area contributed by atoms with Gasteiger partial charge in [-0.25, -0.2) is 0 Å². The number of amides is 1. The lowest BCUT2D eigenvalue weighted by Crippen LogP contribution is -2.33. The van der Waals surface area contributed by atoms with Gasteiger partial charge in [0, 0.05) is 6.61 Å². The fourth-order valence-corrected chi connectivity index (χ4v) is 4.20. The molecule has 4 heteroatoms. The van der Waals surface area contributed by atoms with E-state index < -0.39 is 0 Å². The highest BCUT2D eigenvalue weighted by Gasteiger charge is 2.28. The predicted molar refractivity (Wildman–Crippen MR) is 94.4 cm³/mol. The molecule has 0 aliphatic carbocycles. The lowest BCUT2D eigenvalue weighted by molar-refractivity contribution is -0.121. The molecule has 1 amide bonds. The van der Waals surface area contributed by atoms with Crippen molar-refractivity contribution in [3.8, 4) is 0 Å². The van der Waals surface area contributed by atoms with Crippen LogP contribution in [0.15, 0.2) is 54.6 Å². The van der Waals surface area contributed by atoms with Crippen LogP contribution in [0.1, 0.15) is 34.4 Å². The van der Waals surface area contributed by atoms with E-state index in [-0.39, 0.29) is 23.8 Å². The lowest BCUT2D eigenvalue weighted by atomic mass is 10.00. The van der Waals surface area contributed by atoms with Crippen molar-refractivity contribution in [1.29, 1.82) is 0 Å². The summed E-state index contributed by atoms with van der Waals surface area (Å²) in [6.45, 7) is 0.0498. The summed E-state index contributed by atoms with van der Waals surface area (Å²) in [7, 11) is 0. The van der Waals surface area contributed by atoms with Gasteiger partial charge < -0.3 is 10.4 Å². The Bertz CT molecular complexity index is 659. The van der Waals surface area contributed by atoms with E-state index in [1.807, 2.05) is 42.5 Å². The lowest BCUT2D eigenvalue weighted by Gasteiger charge is -2.27.